The number of nitrogens with one attached hydrogen (secondary N) is 1. The molecule has 2 aromatic rings. The van der Waals surface area contributed by atoms with Crippen molar-refractivity contribution in [3.8, 4) is 11.9 Å². The van der Waals surface area contributed by atoms with Crippen LogP contribution in [0.5, 0.6) is 5.88 Å². The molecular weight excluding hydrogens is 392 g/mol. The molecule has 0 unspecified atom stereocenters. The molecule has 1 aromatic heterocycles. The molecular formula is C20H22N4O4S. The van der Waals surface area contributed by atoms with E-state index >= 15 is 0 Å². The van der Waals surface area contributed by atoms with E-state index in [4.69, 9.17) is 4.74 Å². The maximum atomic E-state index is 12.9. The summed E-state index contributed by atoms with van der Waals surface area (Å²) in [5.41, 5.74) is 0.979. The Bertz CT molecular complexity index is 1010. The average molecular weight is 414 g/mol. The molecule has 9 heteroatoms. The molecule has 8 nitrogen and oxygen atoms in total. The molecule has 0 atom stereocenters. The molecule has 3 rings (SSSR count). The second kappa shape index (κ2) is 9.03. The average Bonchev–Trinajstić information content (AvgIpc) is 2.77. The molecule has 0 aliphatic carbocycles. The number of pyridine rings is 1. The van der Waals surface area contributed by atoms with Gasteiger partial charge >= 0.3 is 0 Å². The van der Waals surface area contributed by atoms with Gasteiger partial charge in [0.15, 0.2) is 0 Å². The van der Waals surface area contributed by atoms with Gasteiger partial charge in [-0.15, -0.1) is 0 Å². The summed E-state index contributed by atoms with van der Waals surface area (Å²) < 4.78 is 32.1. The fourth-order valence-corrected chi connectivity index (χ4v) is 4.86. The number of benzene rings is 1. The number of hydrogen-bond donors (Lipinski definition) is 1. The molecule has 0 radical (unpaired) electrons. The Labute approximate surface area is 170 Å². The Morgan fingerprint density at radius 2 is 2.00 bits per heavy atom. The first-order chi connectivity index (χ1) is 14.0. The zero-order chi connectivity index (χ0) is 20.9. The molecule has 2 heterocycles. The highest BCUT2D eigenvalue weighted by Gasteiger charge is 2.33. The summed E-state index contributed by atoms with van der Waals surface area (Å²) in [5.74, 6) is 0.154. The maximum absolute atomic E-state index is 12.9. The molecule has 152 valence electrons. The smallest absolute Gasteiger partial charge is 0.244 e. The first-order valence-corrected chi connectivity index (χ1v) is 10.7. The monoisotopic (exact) mass is 414 g/mol. The summed E-state index contributed by atoms with van der Waals surface area (Å²) in [6, 6.07) is 11.6. The number of ether oxygens (including phenoxy) is 1. The van der Waals surface area contributed by atoms with E-state index < -0.39 is 10.0 Å². The number of nitriles is 1. The van der Waals surface area contributed by atoms with E-state index in [0.29, 0.717) is 25.3 Å². The van der Waals surface area contributed by atoms with Crippen LogP contribution in [-0.2, 0) is 21.4 Å². The summed E-state index contributed by atoms with van der Waals surface area (Å²) in [5, 5.41) is 12.1. The Hall–Kier alpha value is -2.96. The van der Waals surface area contributed by atoms with Gasteiger partial charge in [-0.2, -0.15) is 9.57 Å². The lowest BCUT2D eigenvalue weighted by atomic mass is 9.97. The maximum Gasteiger partial charge on any atom is 0.244 e. The van der Waals surface area contributed by atoms with Gasteiger partial charge < -0.3 is 10.1 Å². The predicted molar refractivity (Wildman–Crippen MR) is 105 cm³/mol. The van der Waals surface area contributed by atoms with Gasteiger partial charge in [-0.3, -0.25) is 4.79 Å². The second-order valence-corrected chi connectivity index (χ2v) is 8.62. The van der Waals surface area contributed by atoms with E-state index in [0.717, 1.165) is 5.56 Å². The molecule has 1 saturated heterocycles. The summed E-state index contributed by atoms with van der Waals surface area (Å²) in [6.45, 7) is 0.832. The number of carbonyl (C=O) groups excluding carboxylic acids is 1. The van der Waals surface area contributed by atoms with Crippen LogP contribution in [0.2, 0.25) is 0 Å². The standard InChI is InChI=1S/C20H22N4O4S/c1-28-19-7-6-15(13-22-19)14-23-20(25)16-8-10-24(11-9-16)29(26,27)18-5-3-2-4-17(18)12-21/h2-7,13,16H,8-11,14H2,1H3,(H,23,25). The van der Waals surface area contributed by atoms with Gasteiger partial charge in [0.1, 0.15) is 6.07 Å². The molecule has 1 fully saturated rings. The molecule has 1 aliphatic heterocycles. The molecule has 1 amide bonds. The van der Waals surface area contributed by atoms with Crippen LogP contribution in [0.4, 0.5) is 0 Å². The number of amides is 1. The van der Waals surface area contributed by atoms with E-state index in [1.54, 1.807) is 24.4 Å². The van der Waals surface area contributed by atoms with Crippen LogP contribution >= 0.6 is 0 Å². The van der Waals surface area contributed by atoms with Crippen LogP contribution < -0.4 is 10.1 Å². The predicted octanol–water partition coefficient (Wildman–Crippen LogP) is 1.68. The number of aromatic nitrogens is 1. The highest BCUT2D eigenvalue weighted by molar-refractivity contribution is 7.89. The van der Waals surface area contributed by atoms with Crippen molar-refractivity contribution in [1.29, 1.82) is 5.26 Å². The van der Waals surface area contributed by atoms with E-state index in [1.807, 2.05) is 12.1 Å². The Morgan fingerprint density at radius 1 is 1.28 bits per heavy atom. The number of methoxy groups -OCH3 is 1. The van der Waals surface area contributed by atoms with Crippen molar-refractivity contribution in [3.63, 3.8) is 0 Å². The Morgan fingerprint density at radius 3 is 2.62 bits per heavy atom. The van der Waals surface area contributed by atoms with E-state index in [9.17, 15) is 18.5 Å². The summed E-state index contributed by atoms with van der Waals surface area (Å²) >= 11 is 0. The molecule has 1 aromatic carbocycles. The van der Waals surface area contributed by atoms with Crippen molar-refractivity contribution in [1.82, 2.24) is 14.6 Å². The lowest BCUT2D eigenvalue weighted by molar-refractivity contribution is -0.126. The minimum atomic E-state index is -3.76. The number of nitrogens with zero attached hydrogens (tertiary/aromatic N) is 3. The summed E-state index contributed by atoms with van der Waals surface area (Å²) in [4.78, 5) is 16.6. The number of rotatable bonds is 6. The lowest BCUT2D eigenvalue weighted by Crippen LogP contribution is -2.43. The van der Waals surface area contributed by atoms with Crippen molar-refractivity contribution in [2.24, 2.45) is 5.92 Å². The Balaban J connectivity index is 1.56. The highest BCUT2D eigenvalue weighted by Crippen LogP contribution is 2.25. The molecule has 0 bridgehead atoms. The summed E-state index contributed by atoms with van der Waals surface area (Å²) in [6.07, 6.45) is 2.50. The van der Waals surface area contributed by atoms with Crippen LogP contribution in [0.25, 0.3) is 0 Å². The lowest BCUT2D eigenvalue weighted by Gasteiger charge is -2.30. The van der Waals surface area contributed by atoms with Gasteiger partial charge in [0, 0.05) is 37.8 Å². The molecule has 0 saturated carbocycles. The van der Waals surface area contributed by atoms with Crippen LogP contribution in [0.3, 0.4) is 0 Å². The first-order valence-electron chi connectivity index (χ1n) is 9.21. The molecule has 29 heavy (non-hydrogen) atoms. The van der Waals surface area contributed by atoms with Crippen LogP contribution in [-0.4, -0.2) is 43.8 Å². The van der Waals surface area contributed by atoms with Gasteiger partial charge in [-0.1, -0.05) is 18.2 Å². The number of hydrogen-bond acceptors (Lipinski definition) is 6. The zero-order valence-corrected chi connectivity index (χ0v) is 16.9. The quantitative estimate of drug-likeness (QED) is 0.770. The van der Waals surface area contributed by atoms with Crippen molar-refractivity contribution in [3.05, 3.63) is 53.7 Å². The van der Waals surface area contributed by atoms with E-state index in [2.05, 4.69) is 10.3 Å². The minimum Gasteiger partial charge on any atom is -0.481 e. The van der Waals surface area contributed by atoms with Crippen molar-refractivity contribution in [2.75, 3.05) is 20.2 Å². The van der Waals surface area contributed by atoms with E-state index in [1.165, 1.54) is 23.5 Å². The Kier molecular flexibility index (Phi) is 6.46. The highest BCUT2D eigenvalue weighted by atomic mass is 32.2. The van der Waals surface area contributed by atoms with Crippen molar-refractivity contribution < 1.29 is 17.9 Å². The fourth-order valence-electron chi connectivity index (χ4n) is 3.25. The molecule has 0 spiro atoms. The molecule has 1 aliphatic rings. The normalized spacial score (nSPS) is 15.4. The second-order valence-electron chi connectivity index (χ2n) is 6.71. The van der Waals surface area contributed by atoms with E-state index in [-0.39, 0.29) is 35.4 Å². The third-order valence-electron chi connectivity index (χ3n) is 4.92. The number of piperidine rings is 1. The van der Waals surface area contributed by atoms with Crippen molar-refractivity contribution >= 4 is 15.9 Å². The van der Waals surface area contributed by atoms with Crippen LogP contribution in [0.1, 0.15) is 24.0 Å². The van der Waals surface area contributed by atoms with Crippen LogP contribution in [0.15, 0.2) is 47.5 Å². The number of sulfonamides is 1. The first kappa shape index (κ1) is 20.8. The van der Waals surface area contributed by atoms with Gasteiger partial charge in [-0.05, 0) is 30.5 Å². The topological polar surface area (TPSA) is 112 Å². The molecule has 1 N–H and O–H groups in total. The van der Waals surface area contributed by atoms with Gasteiger partial charge in [-0.25, -0.2) is 13.4 Å². The zero-order valence-electron chi connectivity index (χ0n) is 16.0. The van der Waals surface area contributed by atoms with Crippen molar-refractivity contribution in [2.45, 2.75) is 24.3 Å². The third kappa shape index (κ3) is 4.72. The summed E-state index contributed by atoms with van der Waals surface area (Å²) in [7, 11) is -2.22. The van der Waals surface area contributed by atoms with Gasteiger partial charge in [0.2, 0.25) is 21.8 Å². The third-order valence-corrected chi connectivity index (χ3v) is 6.88. The minimum absolute atomic E-state index is 0.0115. The van der Waals surface area contributed by atoms with Gasteiger partial charge in [0.25, 0.3) is 0 Å². The fraction of sp³-hybridized carbons (Fsp3) is 0.350. The van der Waals surface area contributed by atoms with Gasteiger partial charge in [0.05, 0.1) is 17.6 Å². The SMILES string of the molecule is COc1ccc(CNC(=O)C2CCN(S(=O)(=O)c3ccccc3C#N)CC2)cn1. The van der Waals surface area contributed by atoms with Crippen LogP contribution in [0, 0.1) is 17.2 Å². The largest absolute Gasteiger partial charge is 0.481 e. The number of carbonyl (C=O) groups is 1.